The maximum absolute atomic E-state index is 13.3. The zero-order valence-corrected chi connectivity index (χ0v) is 14.3. The summed E-state index contributed by atoms with van der Waals surface area (Å²) in [6.07, 6.45) is 5.37. The molecule has 26 heavy (non-hydrogen) atoms. The van der Waals surface area contributed by atoms with Crippen molar-refractivity contribution in [3.8, 4) is 16.9 Å². The van der Waals surface area contributed by atoms with Gasteiger partial charge in [0.1, 0.15) is 24.6 Å². The minimum Gasteiger partial charge on any atom is -0.495 e. The quantitative estimate of drug-likeness (QED) is 0.765. The molecule has 0 fully saturated rings. The van der Waals surface area contributed by atoms with E-state index in [1.165, 1.54) is 12.1 Å². The monoisotopic (exact) mass is 351 g/mol. The first-order valence-corrected chi connectivity index (χ1v) is 8.20. The van der Waals surface area contributed by atoms with E-state index < -0.39 is 0 Å². The van der Waals surface area contributed by atoms with Gasteiger partial charge in [-0.3, -0.25) is 10.1 Å². The molecule has 0 unspecified atom stereocenters. The van der Waals surface area contributed by atoms with Gasteiger partial charge in [-0.25, -0.2) is 4.39 Å². The largest absolute Gasteiger partial charge is 0.495 e. The number of rotatable bonds is 5. The number of hydrazone groups is 1. The van der Waals surface area contributed by atoms with Gasteiger partial charge in [0.05, 0.1) is 25.5 Å². The van der Waals surface area contributed by atoms with Crippen molar-refractivity contribution in [1.82, 2.24) is 15.2 Å². The molecule has 0 spiro atoms. The number of ether oxygens (including phenoxy) is 1. The van der Waals surface area contributed by atoms with Gasteiger partial charge in [-0.2, -0.15) is 10.2 Å². The van der Waals surface area contributed by atoms with E-state index in [4.69, 9.17) is 4.74 Å². The Morgan fingerprint density at radius 3 is 2.88 bits per heavy atom. The van der Waals surface area contributed by atoms with Gasteiger partial charge in [-0.1, -0.05) is 18.2 Å². The number of hydrogen-bond donors (Lipinski definition) is 1. The molecule has 2 aromatic carbocycles. The predicted octanol–water partition coefficient (Wildman–Crippen LogP) is 3.45. The maximum atomic E-state index is 13.3. The number of halogens is 1. The van der Waals surface area contributed by atoms with Crippen molar-refractivity contribution in [2.45, 2.75) is 6.54 Å². The first-order chi connectivity index (χ1) is 12.7. The maximum Gasteiger partial charge on any atom is 0.143 e. The molecule has 132 valence electrons. The minimum absolute atomic E-state index is 0.237. The summed E-state index contributed by atoms with van der Waals surface area (Å²) >= 11 is 0. The van der Waals surface area contributed by atoms with Gasteiger partial charge in [-0.15, -0.1) is 0 Å². The standard InChI is InChI=1S/C19H18FN5O/c1-26-19-8-15(16-9-21-22-10-16)5-6-18(19)24-12-23-25(13-24)11-14-3-2-4-17(20)7-14/h2-10,12H,11,13H2,1H3,(H,21,22). The highest BCUT2D eigenvalue weighted by molar-refractivity contribution is 5.84. The number of nitrogens with one attached hydrogen (secondary N) is 1. The molecule has 4 rings (SSSR count). The van der Waals surface area contributed by atoms with E-state index in [0.717, 1.165) is 28.1 Å². The Kier molecular flexibility index (Phi) is 4.27. The number of anilines is 1. The fourth-order valence-electron chi connectivity index (χ4n) is 2.96. The summed E-state index contributed by atoms with van der Waals surface area (Å²) in [6, 6.07) is 12.6. The van der Waals surface area contributed by atoms with Crippen LogP contribution in [0.15, 0.2) is 60.0 Å². The Hall–Kier alpha value is -3.35. The van der Waals surface area contributed by atoms with Crippen LogP contribution < -0.4 is 9.64 Å². The average Bonchev–Trinajstić information content (AvgIpc) is 3.33. The van der Waals surface area contributed by atoms with Gasteiger partial charge in [0, 0.05) is 11.8 Å². The molecule has 6 nitrogen and oxygen atoms in total. The summed E-state index contributed by atoms with van der Waals surface area (Å²) in [5.41, 5.74) is 3.82. The Labute approximate surface area is 150 Å². The fraction of sp³-hybridized carbons (Fsp3) is 0.158. The molecule has 0 amide bonds. The van der Waals surface area contributed by atoms with Gasteiger partial charge in [0.2, 0.25) is 0 Å². The molecule has 7 heteroatoms. The lowest BCUT2D eigenvalue weighted by molar-refractivity contribution is 0.309. The molecule has 0 saturated carbocycles. The van der Waals surface area contributed by atoms with Crippen LogP contribution in [0.5, 0.6) is 5.75 Å². The Morgan fingerprint density at radius 2 is 2.12 bits per heavy atom. The van der Waals surface area contributed by atoms with E-state index in [2.05, 4.69) is 15.3 Å². The summed E-state index contributed by atoms with van der Waals surface area (Å²) in [6.45, 7) is 1.11. The van der Waals surface area contributed by atoms with Crippen LogP contribution >= 0.6 is 0 Å². The molecule has 1 N–H and O–H groups in total. The molecular weight excluding hydrogens is 333 g/mol. The molecule has 1 aromatic heterocycles. The molecular formula is C19H18FN5O. The second-order valence-electron chi connectivity index (χ2n) is 6.01. The number of aromatic nitrogens is 2. The molecule has 0 radical (unpaired) electrons. The van der Waals surface area contributed by atoms with Crippen molar-refractivity contribution in [2.75, 3.05) is 18.7 Å². The Bertz CT molecular complexity index is 925. The first-order valence-electron chi connectivity index (χ1n) is 8.20. The van der Waals surface area contributed by atoms with E-state index in [1.807, 2.05) is 40.4 Å². The summed E-state index contributed by atoms with van der Waals surface area (Å²) < 4.78 is 18.9. The van der Waals surface area contributed by atoms with Crippen LogP contribution in [0.4, 0.5) is 10.1 Å². The van der Waals surface area contributed by atoms with Crippen LogP contribution in [-0.4, -0.2) is 35.3 Å². The highest BCUT2D eigenvalue weighted by Crippen LogP contribution is 2.33. The van der Waals surface area contributed by atoms with Crippen molar-refractivity contribution in [3.63, 3.8) is 0 Å². The lowest BCUT2D eigenvalue weighted by atomic mass is 10.1. The summed E-state index contributed by atoms with van der Waals surface area (Å²) in [5.74, 6) is 0.516. The SMILES string of the molecule is COc1cc(-c2cn[nH]c2)ccc1N1C=NN(Cc2cccc(F)c2)C1. The van der Waals surface area contributed by atoms with Gasteiger partial charge >= 0.3 is 0 Å². The van der Waals surface area contributed by atoms with Crippen LogP contribution in [-0.2, 0) is 6.54 Å². The van der Waals surface area contributed by atoms with Crippen LogP contribution in [0.25, 0.3) is 11.1 Å². The number of nitrogens with zero attached hydrogens (tertiary/aromatic N) is 4. The smallest absolute Gasteiger partial charge is 0.143 e. The second kappa shape index (κ2) is 6.87. The van der Waals surface area contributed by atoms with Crippen LogP contribution in [0, 0.1) is 5.82 Å². The first kappa shape index (κ1) is 16.1. The molecule has 0 saturated heterocycles. The van der Waals surface area contributed by atoms with E-state index in [9.17, 15) is 4.39 Å². The molecule has 1 aliphatic rings. The van der Waals surface area contributed by atoms with Crippen molar-refractivity contribution in [3.05, 3.63) is 66.2 Å². The van der Waals surface area contributed by atoms with Crippen LogP contribution in [0.3, 0.4) is 0 Å². The average molecular weight is 351 g/mol. The minimum atomic E-state index is -0.237. The summed E-state index contributed by atoms with van der Waals surface area (Å²) in [7, 11) is 1.65. The van der Waals surface area contributed by atoms with Crippen LogP contribution in [0.2, 0.25) is 0 Å². The normalized spacial score (nSPS) is 13.5. The molecule has 3 aromatic rings. The predicted molar refractivity (Wildman–Crippen MR) is 98.4 cm³/mol. The molecule has 0 aliphatic carbocycles. The van der Waals surface area contributed by atoms with Crippen molar-refractivity contribution in [1.29, 1.82) is 0 Å². The van der Waals surface area contributed by atoms with E-state index >= 15 is 0 Å². The molecule has 2 heterocycles. The van der Waals surface area contributed by atoms with Gasteiger partial charge in [0.25, 0.3) is 0 Å². The van der Waals surface area contributed by atoms with Gasteiger partial charge in [0.15, 0.2) is 0 Å². The van der Waals surface area contributed by atoms with Gasteiger partial charge < -0.3 is 9.64 Å². The molecule has 0 bridgehead atoms. The summed E-state index contributed by atoms with van der Waals surface area (Å²) in [4.78, 5) is 2.00. The number of H-pyrrole nitrogens is 1. The third-order valence-corrected chi connectivity index (χ3v) is 4.24. The topological polar surface area (TPSA) is 56.8 Å². The zero-order valence-electron chi connectivity index (χ0n) is 14.3. The van der Waals surface area contributed by atoms with E-state index in [-0.39, 0.29) is 5.82 Å². The third-order valence-electron chi connectivity index (χ3n) is 4.24. The summed E-state index contributed by atoms with van der Waals surface area (Å²) in [5, 5.41) is 13.1. The van der Waals surface area contributed by atoms with E-state index in [1.54, 1.807) is 25.7 Å². The third kappa shape index (κ3) is 3.23. The highest BCUT2D eigenvalue weighted by atomic mass is 19.1. The highest BCUT2D eigenvalue weighted by Gasteiger charge is 2.19. The lowest BCUT2D eigenvalue weighted by Crippen LogP contribution is -2.26. The fourth-order valence-corrected chi connectivity index (χ4v) is 2.96. The number of hydrogen-bond acceptors (Lipinski definition) is 5. The van der Waals surface area contributed by atoms with Crippen molar-refractivity contribution >= 4 is 12.0 Å². The second-order valence-corrected chi connectivity index (χ2v) is 6.01. The number of aromatic amines is 1. The number of benzene rings is 2. The molecule has 1 aliphatic heterocycles. The molecule has 0 atom stereocenters. The zero-order chi connectivity index (χ0) is 17.9. The Morgan fingerprint density at radius 1 is 1.19 bits per heavy atom. The van der Waals surface area contributed by atoms with Gasteiger partial charge in [-0.05, 0) is 35.4 Å². The lowest BCUT2D eigenvalue weighted by Gasteiger charge is -2.21. The number of methoxy groups -OCH3 is 1. The van der Waals surface area contributed by atoms with E-state index in [0.29, 0.717) is 13.2 Å². The Balaban J connectivity index is 1.51. The van der Waals surface area contributed by atoms with Crippen LogP contribution in [0.1, 0.15) is 5.56 Å². The van der Waals surface area contributed by atoms with Crippen molar-refractivity contribution in [2.24, 2.45) is 5.10 Å². The van der Waals surface area contributed by atoms with Crippen molar-refractivity contribution < 1.29 is 9.13 Å².